The van der Waals surface area contributed by atoms with Gasteiger partial charge in [-0.1, -0.05) is 26.8 Å². The molecule has 2 N–H and O–H groups in total. The number of rotatable bonds is 4. The second kappa shape index (κ2) is 7.57. The summed E-state index contributed by atoms with van der Waals surface area (Å²) in [6.45, 7) is 10.1. The van der Waals surface area contributed by atoms with Crippen molar-refractivity contribution in [3.05, 3.63) is 58.4 Å². The van der Waals surface area contributed by atoms with Crippen molar-refractivity contribution >= 4 is 39.4 Å². The third kappa shape index (κ3) is 4.21. The highest BCUT2D eigenvalue weighted by atomic mass is 32.1. The van der Waals surface area contributed by atoms with Crippen molar-refractivity contribution in [2.45, 2.75) is 27.2 Å². The number of aromatic amines is 1. The summed E-state index contributed by atoms with van der Waals surface area (Å²) < 4.78 is 0. The molecule has 1 aromatic carbocycles. The Balaban J connectivity index is 1.54. The monoisotopic (exact) mass is 393 g/mol. The Morgan fingerprint density at radius 3 is 2.82 bits per heavy atom. The van der Waals surface area contributed by atoms with E-state index in [1.165, 1.54) is 27.9 Å². The van der Waals surface area contributed by atoms with Crippen LogP contribution in [0, 0.1) is 5.41 Å². The van der Waals surface area contributed by atoms with Crippen molar-refractivity contribution in [1.29, 1.82) is 0 Å². The lowest BCUT2D eigenvalue weighted by Crippen LogP contribution is -2.35. The van der Waals surface area contributed by atoms with Gasteiger partial charge in [-0.2, -0.15) is 11.3 Å². The zero-order valence-corrected chi connectivity index (χ0v) is 17.5. The first-order chi connectivity index (χ1) is 13.4. The van der Waals surface area contributed by atoms with E-state index in [9.17, 15) is 4.79 Å². The molecule has 0 saturated heterocycles. The molecular weight excluding hydrogens is 366 g/mol. The molecule has 5 heteroatoms. The first-order valence-corrected chi connectivity index (χ1v) is 10.7. The van der Waals surface area contributed by atoms with E-state index in [4.69, 9.17) is 0 Å². The molecule has 28 heavy (non-hydrogen) atoms. The molecule has 0 unspecified atom stereocenters. The van der Waals surface area contributed by atoms with E-state index in [2.05, 4.69) is 54.3 Å². The Labute approximate surface area is 170 Å². The molecule has 0 fully saturated rings. The van der Waals surface area contributed by atoms with Crippen LogP contribution in [0.25, 0.3) is 16.5 Å². The largest absolute Gasteiger partial charge is 0.361 e. The second-order valence-electron chi connectivity index (χ2n) is 8.70. The number of hydrogen-bond donors (Lipinski definition) is 2. The number of hydrogen-bond acceptors (Lipinski definition) is 3. The molecule has 3 heterocycles. The maximum Gasteiger partial charge on any atom is 0.256 e. The van der Waals surface area contributed by atoms with E-state index < -0.39 is 0 Å². The molecule has 0 aliphatic carbocycles. The average Bonchev–Trinajstić information content (AvgIpc) is 3.31. The molecule has 0 radical (unpaired) electrons. The number of carbonyl (C=O) groups excluding carboxylic acids is 1. The Morgan fingerprint density at radius 2 is 2.14 bits per heavy atom. The first kappa shape index (κ1) is 19.0. The number of benzene rings is 1. The van der Waals surface area contributed by atoms with Crippen molar-refractivity contribution in [1.82, 2.24) is 9.88 Å². The zero-order chi connectivity index (χ0) is 19.7. The van der Waals surface area contributed by atoms with Crippen LogP contribution in [0.3, 0.4) is 0 Å². The number of H-pyrrole nitrogens is 1. The van der Waals surface area contributed by atoms with Crippen molar-refractivity contribution in [2.75, 3.05) is 25.0 Å². The summed E-state index contributed by atoms with van der Waals surface area (Å²) in [6.07, 6.45) is 5.50. The highest BCUT2D eigenvalue weighted by Gasteiger charge is 2.20. The minimum atomic E-state index is -0.0626. The molecule has 146 valence electrons. The fourth-order valence-corrected chi connectivity index (χ4v) is 4.47. The van der Waals surface area contributed by atoms with Gasteiger partial charge in [0.2, 0.25) is 0 Å². The van der Waals surface area contributed by atoms with Gasteiger partial charge in [-0.05, 0) is 47.1 Å². The molecule has 4 nitrogen and oxygen atoms in total. The third-order valence-corrected chi connectivity index (χ3v) is 5.74. The standard InChI is InChI=1S/C23H27N3OS/c1-23(2,3)15-26-9-6-16(7-10-26)20-13-24-21-5-4-18(12-19(20)21)25-22(27)17-8-11-28-14-17/h4-6,8,11-14,24H,7,9-10,15H2,1-3H3,(H,25,27). The fraction of sp³-hybridized carbons (Fsp3) is 0.348. The van der Waals surface area contributed by atoms with Crippen molar-refractivity contribution in [3.8, 4) is 0 Å². The van der Waals surface area contributed by atoms with Gasteiger partial charge < -0.3 is 10.3 Å². The van der Waals surface area contributed by atoms with Gasteiger partial charge in [-0.25, -0.2) is 0 Å². The quantitative estimate of drug-likeness (QED) is 0.605. The van der Waals surface area contributed by atoms with Crippen LogP contribution in [0.2, 0.25) is 0 Å². The van der Waals surface area contributed by atoms with Crippen LogP contribution in [-0.2, 0) is 0 Å². The van der Waals surface area contributed by atoms with E-state index in [1.54, 1.807) is 0 Å². The van der Waals surface area contributed by atoms with Crippen LogP contribution >= 0.6 is 11.3 Å². The number of nitrogens with one attached hydrogen (secondary N) is 2. The Bertz CT molecular complexity index is 1010. The minimum Gasteiger partial charge on any atom is -0.361 e. The molecule has 2 aromatic heterocycles. The summed E-state index contributed by atoms with van der Waals surface area (Å²) in [4.78, 5) is 18.3. The van der Waals surface area contributed by atoms with Gasteiger partial charge in [0.25, 0.3) is 5.91 Å². The molecule has 1 aliphatic rings. The number of carbonyl (C=O) groups is 1. The second-order valence-corrected chi connectivity index (χ2v) is 9.48. The molecular formula is C23H27N3OS. The van der Waals surface area contributed by atoms with E-state index in [-0.39, 0.29) is 5.91 Å². The normalized spacial score (nSPS) is 15.6. The van der Waals surface area contributed by atoms with Gasteiger partial charge in [0.05, 0.1) is 5.56 Å². The third-order valence-electron chi connectivity index (χ3n) is 5.06. The number of anilines is 1. The van der Waals surface area contributed by atoms with Gasteiger partial charge in [0, 0.05) is 53.4 Å². The van der Waals surface area contributed by atoms with Crippen LogP contribution in [0.4, 0.5) is 5.69 Å². The van der Waals surface area contributed by atoms with Crippen molar-refractivity contribution in [2.24, 2.45) is 5.41 Å². The van der Waals surface area contributed by atoms with Crippen LogP contribution in [0.1, 0.15) is 43.1 Å². The van der Waals surface area contributed by atoms with Gasteiger partial charge in [-0.15, -0.1) is 0 Å². The van der Waals surface area contributed by atoms with Crippen molar-refractivity contribution in [3.63, 3.8) is 0 Å². The number of aromatic nitrogens is 1. The summed E-state index contributed by atoms with van der Waals surface area (Å²) in [5.41, 5.74) is 5.58. The summed E-state index contributed by atoms with van der Waals surface area (Å²) >= 11 is 1.53. The summed E-state index contributed by atoms with van der Waals surface area (Å²) in [7, 11) is 0. The molecule has 0 atom stereocenters. The molecule has 0 spiro atoms. The van der Waals surface area contributed by atoms with E-state index in [0.29, 0.717) is 11.0 Å². The Hall–Kier alpha value is -2.37. The predicted molar refractivity (Wildman–Crippen MR) is 119 cm³/mol. The topological polar surface area (TPSA) is 48.1 Å². The average molecular weight is 394 g/mol. The van der Waals surface area contributed by atoms with Gasteiger partial charge in [0.15, 0.2) is 0 Å². The lowest BCUT2D eigenvalue weighted by Gasteiger charge is -2.32. The highest BCUT2D eigenvalue weighted by Crippen LogP contribution is 2.31. The maximum absolute atomic E-state index is 12.4. The lowest BCUT2D eigenvalue weighted by molar-refractivity contribution is 0.102. The number of amides is 1. The molecule has 0 bridgehead atoms. The van der Waals surface area contributed by atoms with Crippen molar-refractivity contribution < 1.29 is 4.79 Å². The maximum atomic E-state index is 12.4. The molecule has 0 saturated carbocycles. The minimum absolute atomic E-state index is 0.0626. The van der Waals surface area contributed by atoms with Gasteiger partial charge in [-0.3, -0.25) is 9.69 Å². The fourth-order valence-electron chi connectivity index (χ4n) is 3.83. The van der Waals surface area contributed by atoms with Crippen LogP contribution in [-0.4, -0.2) is 35.4 Å². The number of fused-ring (bicyclic) bond motifs is 1. The highest BCUT2D eigenvalue weighted by molar-refractivity contribution is 7.08. The Morgan fingerprint density at radius 1 is 1.29 bits per heavy atom. The lowest BCUT2D eigenvalue weighted by atomic mass is 9.93. The molecule has 3 aromatic rings. The summed E-state index contributed by atoms with van der Waals surface area (Å²) in [6, 6.07) is 7.91. The van der Waals surface area contributed by atoms with Gasteiger partial charge >= 0.3 is 0 Å². The first-order valence-electron chi connectivity index (χ1n) is 9.75. The molecule has 4 rings (SSSR count). The van der Waals surface area contributed by atoms with Crippen LogP contribution in [0.15, 0.2) is 47.3 Å². The van der Waals surface area contributed by atoms with E-state index in [0.717, 1.165) is 37.3 Å². The predicted octanol–water partition coefficient (Wildman–Crippen LogP) is 5.62. The van der Waals surface area contributed by atoms with E-state index >= 15 is 0 Å². The number of nitrogens with zero attached hydrogens (tertiary/aromatic N) is 1. The smallest absolute Gasteiger partial charge is 0.256 e. The van der Waals surface area contributed by atoms with Crippen LogP contribution < -0.4 is 5.32 Å². The zero-order valence-electron chi connectivity index (χ0n) is 16.7. The summed E-state index contributed by atoms with van der Waals surface area (Å²) in [5, 5.41) is 7.97. The Kier molecular flexibility index (Phi) is 5.13. The van der Waals surface area contributed by atoms with Gasteiger partial charge in [0.1, 0.15) is 0 Å². The molecule has 1 amide bonds. The van der Waals surface area contributed by atoms with Crippen LogP contribution in [0.5, 0.6) is 0 Å². The number of thiophene rings is 1. The van der Waals surface area contributed by atoms with E-state index in [1.807, 2.05) is 29.0 Å². The molecule has 1 aliphatic heterocycles. The summed E-state index contributed by atoms with van der Waals surface area (Å²) in [5.74, 6) is -0.0626. The SMILES string of the molecule is CC(C)(C)CN1CC=C(c2c[nH]c3ccc(NC(=O)c4ccsc4)cc23)CC1.